The fourth-order valence-corrected chi connectivity index (χ4v) is 3.29. The van der Waals surface area contributed by atoms with Crippen molar-refractivity contribution in [1.29, 1.82) is 0 Å². The van der Waals surface area contributed by atoms with E-state index in [9.17, 15) is 9.18 Å². The topological polar surface area (TPSA) is 64.8 Å². The zero-order chi connectivity index (χ0) is 15.8. The molecular formula is C17H17FN4O. The van der Waals surface area contributed by atoms with Gasteiger partial charge in [0.2, 0.25) is 0 Å². The lowest BCUT2D eigenvalue weighted by Gasteiger charge is -2.32. The lowest BCUT2D eigenvalue weighted by atomic mass is 9.95. The van der Waals surface area contributed by atoms with E-state index in [0.29, 0.717) is 17.8 Å². The molecule has 1 saturated heterocycles. The number of hydrogen-bond acceptors (Lipinski definition) is 2. The van der Waals surface area contributed by atoms with Gasteiger partial charge < -0.3 is 9.88 Å². The van der Waals surface area contributed by atoms with Crippen LogP contribution in [0.5, 0.6) is 0 Å². The van der Waals surface area contributed by atoms with Crippen LogP contribution in [0.2, 0.25) is 0 Å². The summed E-state index contributed by atoms with van der Waals surface area (Å²) in [5.74, 6) is -0.0570. The van der Waals surface area contributed by atoms with Gasteiger partial charge in [-0.1, -0.05) is 0 Å². The highest BCUT2D eigenvalue weighted by Gasteiger charge is 2.27. The van der Waals surface area contributed by atoms with Crippen molar-refractivity contribution >= 4 is 16.8 Å². The van der Waals surface area contributed by atoms with Gasteiger partial charge in [0.15, 0.2) is 0 Å². The molecule has 23 heavy (non-hydrogen) atoms. The molecule has 1 aromatic carbocycles. The summed E-state index contributed by atoms with van der Waals surface area (Å²) >= 11 is 0. The third-order valence-corrected chi connectivity index (χ3v) is 4.49. The lowest BCUT2D eigenvalue weighted by molar-refractivity contribution is 0.0701. The van der Waals surface area contributed by atoms with Gasteiger partial charge in [0.05, 0.1) is 0 Å². The third kappa shape index (κ3) is 2.60. The van der Waals surface area contributed by atoms with Crippen LogP contribution in [0.4, 0.5) is 4.39 Å². The predicted octanol–water partition coefficient (Wildman–Crippen LogP) is 3.05. The van der Waals surface area contributed by atoms with Crippen molar-refractivity contribution in [1.82, 2.24) is 20.1 Å². The van der Waals surface area contributed by atoms with Crippen LogP contribution in [-0.4, -0.2) is 39.1 Å². The molecule has 0 spiro atoms. The van der Waals surface area contributed by atoms with E-state index in [2.05, 4.69) is 15.2 Å². The molecule has 5 nitrogen and oxygen atoms in total. The number of likely N-dealkylation sites (tertiary alicyclic amines) is 1. The lowest BCUT2D eigenvalue weighted by Crippen LogP contribution is -2.39. The molecule has 3 aromatic rings. The molecule has 1 atom stereocenters. The molecule has 118 valence electrons. The first-order valence-electron chi connectivity index (χ1n) is 7.77. The second kappa shape index (κ2) is 5.53. The molecule has 0 aliphatic carbocycles. The smallest absolute Gasteiger partial charge is 0.270 e. The molecule has 0 bridgehead atoms. The number of halogens is 1. The number of rotatable bonds is 2. The number of benzene rings is 1. The molecule has 2 N–H and O–H groups in total. The minimum atomic E-state index is -0.310. The quantitative estimate of drug-likeness (QED) is 0.764. The van der Waals surface area contributed by atoms with Crippen molar-refractivity contribution in [2.24, 2.45) is 0 Å². The number of aromatic nitrogens is 3. The number of piperidine rings is 1. The highest BCUT2D eigenvalue weighted by Crippen LogP contribution is 2.27. The van der Waals surface area contributed by atoms with Gasteiger partial charge in [0, 0.05) is 41.8 Å². The van der Waals surface area contributed by atoms with E-state index in [4.69, 9.17) is 0 Å². The number of amides is 1. The summed E-state index contributed by atoms with van der Waals surface area (Å²) in [7, 11) is 0. The Morgan fingerprint density at radius 2 is 2.22 bits per heavy atom. The third-order valence-electron chi connectivity index (χ3n) is 4.49. The van der Waals surface area contributed by atoms with Crippen LogP contribution in [0.1, 0.15) is 34.9 Å². The van der Waals surface area contributed by atoms with Gasteiger partial charge in [-0.15, -0.1) is 0 Å². The number of nitrogens with one attached hydrogen (secondary N) is 2. The number of aromatic amines is 2. The van der Waals surface area contributed by atoms with Crippen molar-refractivity contribution < 1.29 is 9.18 Å². The highest BCUT2D eigenvalue weighted by molar-refractivity contribution is 5.98. The first-order valence-corrected chi connectivity index (χ1v) is 7.77. The van der Waals surface area contributed by atoms with Crippen LogP contribution in [0.3, 0.4) is 0 Å². The first-order chi connectivity index (χ1) is 11.2. The van der Waals surface area contributed by atoms with E-state index in [1.54, 1.807) is 18.3 Å². The van der Waals surface area contributed by atoms with Gasteiger partial charge in [0.25, 0.3) is 5.91 Å². The molecule has 1 aliphatic rings. The highest BCUT2D eigenvalue weighted by atomic mass is 19.1. The average Bonchev–Trinajstić information content (AvgIpc) is 3.23. The maximum Gasteiger partial charge on any atom is 0.270 e. The monoisotopic (exact) mass is 312 g/mol. The molecule has 4 rings (SSSR count). The Kier molecular flexibility index (Phi) is 3.37. The summed E-state index contributed by atoms with van der Waals surface area (Å²) in [4.78, 5) is 17.6. The second-order valence-electron chi connectivity index (χ2n) is 6.02. The SMILES string of the molecule is O=C(c1cc2ccc(F)cc2[nH]1)N1CCC[C@@H](c2ccn[nH]2)C1. The van der Waals surface area contributed by atoms with Crippen LogP contribution in [0.25, 0.3) is 10.9 Å². The Balaban J connectivity index is 1.57. The van der Waals surface area contributed by atoms with Gasteiger partial charge in [-0.2, -0.15) is 5.10 Å². The molecular weight excluding hydrogens is 295 g/mol. The summed E-state index contributed by atoms with van der Waals surface area (Å²) < 4.78 is 13.3. The van der Waals surface area contributed by atoms with Gasteiger partial charge in [-0.3, -0.25) is 9.89 Å². The van der Waals surface area contributed by atoms with Crippen molar-refractivity contribution in [3.05, 3.63) is 53.7 Å². The first kappa shape index (κ1) is 14.0. The predicted molar refractivity (Wildman–Crippen MR) is 84.7 cm³/mol. The van der Waals surface area contributed by atoms with E-state index in [-0.39, 0.29) is 17.6 Å². The van der Waals surface area contributed by atoms with Crippen LogP contribution >= 0.6 is 0 Å². The molecule has 0 saturated carbocycles. The summed E-state index contributed by atoms with van der Waals surface area (Å²) in [5.41, 5.74) is 2.23. The number of carbonyl (C=O) groups is 1. The summed E-state index contributed by atoms with van der Waals surface area (Å²) in [5, 5.41) is 7.83. The fourth-order valence-electron chi connectivity index (χ4n) is 3.29. The number of hydrogen-bond donors (Lipinski definition) is 2. The molecule has 3 heterocycles. The Hall–Kier alpha value is -2.63. The number of carbonyl (C=O) groups excluding carboxylic acids is 1. The van der Waals surface area contributed by atoms with E-state index >= 15 is 0 Å². The maximum atomic E-state index is 13.3. The maximum absolute atomic E-state index is 13.3. The molecule has 1 aliphatic heterocycles. The van der Waals surface area contributed by atoms with Gasteiger partial charge in [0.1, 0.15) is 11.5 Å². The molecule has 2 aromatic heterocycles. The van der Waals surface area contributed by atoms with E-state index in [0.717, 1.165) is 30.5 Å². The van der Waals surface area contributed by atoms with Crippen LogP contribution < -0.4 is 0 Å². The molecule has 0 unspecified atom stereocenters. The van der Waals surface area contributed by atoms with Gasteiger partial charge >= 0.3 is 0 Å². The van der Waals surface area contributed by atoms with E-state index in [1.807, 2.05) is 11.0 Å². The summed E-state index contributed by atoms with van der Waals surface area (Å²) in [6.45, 7) is 1.41. The van der Waals surface area contributed by atoms with Gasteiger partial charge in [-0.25, -0.2) is 4.39 Å². The minimum absolute atomic E-state index is 0.0363. The van der Waals surface area contributed by atoms with Gasteiger partial charge in [-0.05, 0) is 43.2 Å². The van der Waals surface area contributed by atoms with Crippen LogP contribution in [0.15, 0.2) is 36.5 Å². The molecule has 1 fully saturated rings. The fraction of sp³-hybridized carbons (Fsp3) is 0.294. The Morgan fingerprint density at radius 1 is 1.30 bits per heavy atom. The Bertz CT molecular complexity index is 840. The zero-order valence-corrected chi connectivity index (χ0v) is 12.6. The molecule has 1 amide bonds. The second-order valence-corrected chi connectivity index (χ2v) is 6.02. The zero-order valence-electron chi connectivity index (χ0n) is 12.6. The molecule has 0 radical (unpaired) electrons. The van der Waals surface area contributed by atoms with Crippen molar-refractivity contribution in [2.45, 2.75) is 18.8 Å². The summed E-state index contributed by atoms with van der Waals surface area (Å²) in [6.07, 6.45) is 3.75. The number of nitrogens with zero attached hydrogens (tertiary/aromatic N) is 2. The van der Waals surface area contributed by atoms with Crippen molar-refractivity contribution in [3.63, 3.8) is 0 Å². The van der Waals surface area contributed by atoms with Crippen LogP contribution in [0, 0.1) is 5.82 Å². The number of fused-ring (bicyclic) bond motifs is 1. The average molecular weight is 312 g/mol. The Morgan fingerprint density at radius 3 is 3.04 bits per heavy atom. The van der Waals surface area contributed by atoms with E-state index < -0.39 is 0 Å². The normalized spacial score (nSPS) is 18.5. The summed E-state index contributed by atoms with van der Waals surface area (Å²) in [6, 6.07) is 8.25. The van der Waals surface area contributed by atoms with Crippen molar-refractivity contribution in [2.75, 3.05) is 13.1 Å². The number of H-pyrrole nitrogens is 2. The minimum Gasteiger partial charge on any atom is -0.350 e. The van der Waals surface area contributed by atoms with Crippen LogP contribution in [-0.2, 0) is 0 Å². The largest absolute Gasteiger partial charge is 0.350 e. The Labute approximate surface area is 132 Å². The molecule has 6 heteroatoms. The van der Waals surface area contributed by atoms with Crippen molar-refractivity contribution in [3.8, 4) is 0 Å². The standard InChI is InChI=1S/C17H17FN4O/c18-13-4-3-11-8-16(20-15(11)9-13)17(23)22-7-1-2-12(10-22)14-5-6-19-21-14/h3-6,8-9,12,20H,1-2,7,10H2,(H,19,21)/t12-/m1/s1. The van der Waals surface area contributed by atoms with E-state index in [1.165, 1.54) is 12.1 Å².